The molecule has 1 unspecified atom stereocenters. The van der Waals surface area contributed by atoms with Crippen LogP contribution in [-0.2, 0) is 4.79 Å². The van der Waals surface area contributed by atoms with Crippen molar-refractivity contribution in [1.29, 1.82) is 0 Å². The average molecular weight is 382 g/mol. The standard InChI is InChI=1S/C20H23N5OS/c1-20(2)8-10-24(11-9-20)18(26)16(14-6-4-3-5-7-14)25-13-21-17-15(19(25)27)12-22-23-17/h3-7,12-13,16H,8-11H2,1-2H3,(H,22,23). The molecule has 1 N–H and O–H groups in total. The molecule has 140 valence electrons. The lowest BCUT2D eigenvalue weighted by Crippen LogP contribution is -2.44. The number of piperidine rings is 1. The summed E-state index contributed by atoms with van der Waals surface area (Å²) in [6, 6.07) is 9.26. The summed E-state index contributed by atoms with van der Waals surface area (Å²) >= 11 is 5.67. The van der Waals surface area contributed by atoms with Gasteiger partial charge in [-0.05, 0) is 23.8 Å². The number of aromatic nitrogens is 4. The minimum Gasteiger partial charge on any atom is -0.341 e. The maximum atomic E-state index is 13.5. The van der Waals surface area contributed by atoms with E-state index < -0.39 is 6.04 Å². The first-order chi connectivity index (χ1) is 13.0. The van der Waals surface area contributed by atoms with Crippen molar-refractivity contribution in [1.82, 2.24) is 24.6 Å². The van der Waals surface area contributed by atoms with Crippen LogP contribution in [0.15, 0.2) is 42.9 Å². The Hall–Kier alpha value is -2.54. The molecule has 0 aliphatic carbocycles. The molecular weight excluding hydrogens is 358 g/mol. The van der Waals surface area contributed by atoms with Crippen LogP contribution in [0.2, 0.25) is 0 Å². The SMILES string of the molecule is CC1(C)CCN(C(=O)C(c2ccccc2)n2cnc3[nH]ncc3c2=S)CC1. The minimum absolute atomic E-state index is 0.0671. The molecule has 1 saturated heterocycles. The van der Waals surface area contributed by atoms with Crippen molar-refractivity contribution in [3.05, 3.63) is 53.1 Å². The van der Waals surface area contributed by atoms with E-state index in [1.165, 1.54) is 0 Å². The molecule has 0 radical (unpaired) electrons. The van der Waals surface area contributed by atoms with E-state index in [-0.39, 0.29) is 11.3 Å². The smallest absolute Gasteiger partial charge is 0.250 e. The Labute approximate surface area is 163 Å². The molecule has 1 aliphatic rings. The molecule has 1 amide bonds. The second kappa shape index (κ2) is 6.88. The largest absolute Gasteiger partial charge is 0.341 e. The molecule has 3 heterocycles. The summed E-state index contributed by atoms with van der Waals surface area (Å²) in [4.78, 5) is 19.9. The fraction of sp³-hybridized carbons (Fsp3) is 0.400. The van der Waals surface area contributed by atoms with Crippen molar-refractivity contribution in [3.8, 4) is 0 Å². The second-order valence-electron chi connectivity index (χ2n) is 7.89. The van der Waals surface area contributed by atoms with Gasteiger partial charge >= 0.3 is 0 Å². The number of fused-ring (bicyclic) bond motifs is 1. The summed E-state index contributed by atoms with van der Waals surface area (Å²) in [5.74, 6) is 0.0671. The number of carbonyl (C=O) groups is 1. The molecule has 4 rings (SSSR count). The van der Waals surface area contributed by atoms with Crippen molar-refractivity contribution < 1.29 is 4.79 Å². The van der Waals surface area contributed by atoms with Gasteiger partial charge in [0, 0.05) is 13.1 Å². The fourth-order valence-electron chi connectivity index (χ4n) is 3.59. The molecule has 1 aliphatic heterocycles. The van der Waals surface area contributed by atoms with Crippen LogP contribution in [0.25, 0.3) is 11.0 Å². The Morgan fingerprint density at radius 3 is 2.63 bits per heavy atom. The van der Waals surface area contributed by atoms with Crippen LogP contribution in [0.1, 0.15) is 38.3 Å². The normalized spacial score (nSPS) is 17.8. The zero-order valence-corrected chi connectivity index (χ0v) is 16.4. The number of nitrogens with zero attached hydrogens (tertiary/aromatic N) is 4. The van der Waals surface area contributed by atoms with Crippen LogP contribution in [0.3, 0.4) is 0 Å². The van der Waals surface area contributed by atoms with E-state index in [2.05, 4.69) is 29.0 Å². The first-order valence-corrected chi connectivity index (χ1v) is 9.61. The van der Waals surface area contributed by atoms with Gasteiger partial charge in [0.2, 0.25) is 5.91 Å². The minimum atomic E-state index is -0.522. The molecule has 0 spiro atoms. The van der Waals surface area contributed by atoms with Gasteiger partial charge in [-0.2, -0.15) is 5.10 Å². The highest BCUT2D eigenvalue weighted by Crippen LogP contribution is 2.32. The molecule has 2 aromatic heterocycles. The molecule has 1 fully saturated rings. The van der Waals surface area contributed by atoms with Gasteiger partial charge < -0.3 is 9.47 Å². The third kappa shape index (κ3) is 3.39. The number of likely N-dealkylation sites (tertiary alicyclic amines) is 1. The van der Waals surface area contributed by atoms with Crippen LogP contribution >= 0.6 is 12.2 Å². The predicted molar refractivity (Wildman–Crippen MR) is 107 cm³/mol. The topological polar surface area (TPSA) is 66.8 Å². The molecule has 0 bridgehead atoms. The van der Waals surface area contributed by atoms with E-state index in [0.717, 1.165) is 36.9 Å². The van der Waals surface area contributed by atoms with E-state index in [4.69, 9.17) is 12.2 Å². The van der Waals surface area contributed by atoms with E-state index >= 15 is 0 Å². The first kappa shape index (κ1) is 17.9. The lowest BCUT2D eigenvalue weighted by atomic mass is 9.82. The van der Waals surface area contributed by atoms with Crippen molar-refractivity contribution in [3.63, 3.8) is 0 Å². The summed E-state index contributed by atoms with van der Waals surface area (Å²) < 4.78 is 2.36. The highest BCUT2D eigenvalue weighted by Gasteiger charge is 2.33. The number of H-pyrrole nitrogens is 1. The van der Waals surface area contributed by atoms with Gasteiger partial charge in [-0.25, -0.2) is 4.98 Å². The number of hydrogen-bond acceptors (Lipinski definition) is 4. The van der Waals surface area contributed by atoms with Crippen LogP contribution < -0.4 is 0 Å². The molecule has 3 aromatic rings. The van der Waals surface area contributed by atoms with Crippen LogP contribution in [-0.4, -0.2) is 43.6 Å². The molecular formula is C20H23N5OS. The summed E-state index contributed by atoms with van der Waals surface area (Å²) in [6.07, 6.45) is 5.32. The van der Waals surface area contributed by atoms with Crippen molar-refractivity contribution >= 4 is 29.2 Å². The number of aromatic amines is 1. The van der Waals surface area contributed by atoms with Crippen LogP contribution in [0.5, 0.6) is 0 Å². The third-order valence-corrected chi connectivity index (χ3v) is 5.88. The van der Waals surface area contributed by atoms with Gasteiger partial charge in [0.1, 0.15) is 10.7 Å². The van der Waals surface area contributed by atoms with E-state index in [0.29, 0.717) is 10.3 Å². The monoisotopic (exact) mass is 381 g/mol. The number of carbonyl (C=O) groups excluding carboxylic acids is 1. The molecule has 1 atom stereocenters. The van der Waals surface area contributed by atoms with Gasteiger partial charge in [0.15, 0.2) is 5.65 Å². The highest BCUT2D eigenvalue weighted by molar-refractivity contribution is 7.71. The molecule has 0 saturated carbocycles. The summed E-state index contributed by atoms with van der Waals surface area (Å²) in [7, 11) is 0. The van der Waals surface area contributed by atoms with Crippen molar-refractivity contribution in [2.75, 3.05) is 13.1 Å². The Balaban J connectivity index is 1.77. The number of amides is 1. The number of nitrogens with one attached hydrogen (secondary N) is 1. The summed E-state index contributed by atoms with van der Waals surface area (Å²) in [6.45, 7) is 6.06. The van der Waals surface area contributed by atoms with Crippen LogP contribution in [0.4, 0.5) is 0 Å². The molecule has 27 heavy (non-hydrogen) atoms. The predicted octanol–water partition coefficient (Wildman–Crippen LogP) is 3.73. The van der Waals surface area contributed by atoms with Gasteiger partial charge in [-0.1, -0.05) is 56.4 Å². The summed E-state index contributed by atoms with van der Waals surface area (Å²) in [5.41, 5.74) is 1.83. The quantitative estimate of drug-likeness (QED) is 0.702. The second-order valence-corrected chi connectivity index (χ2v) is 8.28. The average Bonchev–Trinajstić information content (AvgIpc) is 3.14. The Kier molecular flexibility index (Phi) is 4.55. The molecule has 7 heteroatoms. The zero-order valence-electron chi connectivity index (χ0n) is 15.6. The highest BCUT2D eigenvalue weighted by atomic mass is 32.1. The lowest BCUT2D eigenvalue weighted by molar-refractivity contribution is -0.135. The van der Waals surface area contributed by atoms with Gasteiger partial charge in [0.05, 0.1) is 17.9 Å². The van der Waals surface area contributed by atoms with E-state index in [1.807, 2.05) is 35.2 Å². The van der Waals surface area contributed by atoms with Gasteiger partial charge in [-0.3, -0.25) is 9.89 Å². The zero-order chi connectivity index (χ0) is 19.0. The summed E-state index contributed by atoms with van der Waals surface area (Å²) in [5, 5.41) is 7.61. The number of benzene rings is 1. The Morgan fingerprint density at radius 2 is 1.93 bits per heavy atom. The Morgan fingerprint density at radius 1 is 1.22 bits per heavy atom. The van der Waals surface area contributed by atoms with Crippen molar-refractivity contribution in [2.45, 2.75) is 32.7 Å². The molecule has 6 nitrogen and oxygen atoms in total. The lowest BCUT2D eigenvalue weighted by Gasteiger charge is -2.38. The fourth-order valence-corrected chi connectivity index (χ4v) is 3.89. The maximum Gasteiger partial charge on any atom is 0.250 e. The van der Waals surface area contributed by atoms with Gasteiger partial charge in [-0.15, -0.1) is 0 Å². The van der Waals surface area contributed by atoms with E-state index in [1.54, 1.807) is 17.1 Å². The van der Waals surface area contributed by atoms with Crippen molar-refractivity contribution in [2.24, 2.45) is 5.41 Å². The Bertz CT molecular complexity index is 1010. The third-order valence-electron chi connectivity index (χ3n) is 5.45. The van der Waals surface area contributed by atoms with E-state index in [9.17, 15) is 4.79 Å². The maximum absolute atomic E-state index is 13.5. The number of hydrogen-bond donors (Lipinski definition) is 1. The molecule has 1 aromatic carbocycles. The van der Waals surface area contributed by atoms with Crippen LogP contribution in [0, 0.1) is 10.1 Å². The first-order valence-electron chi connectivity index (χ1n) is 9.20. The van der Waals surface area contributed by atoms with Gasteiger partial charge in [0.25, 0.3) is 0 Å². The number of rotatable bonds is 3.